The summed E-state index contributed by atoms with van der Waals surface area (Å²) in [5, 5.41) is 3.91. The van der Waals surface area contributed by atoms with Crippen molar-refractivity contribution in [3.63, 3.8) is 0 Å². The van der Waals surface area contributed by atoms with E-state index >= 15 is 0 Å². The molecule has 0 aliphatic heterocycles. The Balaban J connectivity index is 2.15. The van der Waals surface area contributed by atoms with Gasteiger partial charge in [-0.1, -0.05) is 0 Å². The minimum Gasteiger partial charge on any atom is -0.406 e. The molecule has 1 aromatic carbocycles. The summed E-state index contributed by atoms with van der Waals surface area (Å²) in [6.07, 6.45) is -1.99. The molecule has 0 aliphatic rings. The van der Waals surface area contributed by atoms with E-state index in [0.29, 0.717) is 6.54 Å². The molecule has 2 aromatic rings. The highest BCUT2D eigenvalue weighted by atomic mass is 32.2. The van der Waals surface area contributed by atoms with Crippen LogP contribution in [0.2, 0.25) is 0 Å². The predicted molar refractivity (Wildman–Crippen MR) is 71.8 cm³/mol. The lowest BCUT2D eigenvalue weighted by Gasteiger charge is -2.10. The lowest BCUT2D eigenvalue weighted by atomic mass is 10.3. The number of nitrogens with zero attached hydrogens (tertiary/aromatic N) is 2. The fourth-order valence-corrected chi connectivity index (χ4v) is 2.65. The molecule has 1 aromatic heterocycles. The maximum absolute atomic E-state index is 12.1. The second kappa shape index (κ2) is 5.87. The van der Waals surface area contributed by atoms with Gasteiger partial charge in [0.2, 0.25) is 0 Å². The van der Waals surface area contributed by atoms with E-state index in [1.807, 2.05) is 6.92 Å². The molecule has 120 valence electrons. The lowest BCUT2D eigenvalue weighted by molar-refractivity contribution is -0.274. The van der Waals surface area contributed by atoms with Crippen LogP contribution in [0.4, 0.5) is 18.9 Å². The van der Waals surface area contributed by atoms with Gasteiger partial charge in [-0.25, -0.2) is 8.42 Å². The molecular formula is C12H12F3N3O3S. The van der Waals surface area contributed by atoms with Crippen molar-refractivity contribution in [3.05, 3.63) is 36.7 Å². The van der Waals surface area contributed by atoms with Crippen LogP contribution >= 0.6 is 0 Å². The van der Waals surface area contributed by atoms with Gasteiger partial charge >= 0.3 is 6.36 Å². The summed E-state index contributed by atoms with van der Waals surface area (Å²) in [6.45, 7) is 2.41. The molecule has 0 spiro atoms. The second-order valence-electron chi connectivity index (χ2n) is 4.21. The van der Waals surface area contributed by atoms with E-state index in [1.54, 1.807) is 0 Å². The molecular weight excluding hydrogens is 323 g/mol. The number of ether oxygens (including phenoxy) is 1. The van der Waals surface area contributed by atoms with Crippen molar-refractivity contribution in [1.29, 1.82) is 0 Å². The third-order valence-corrected chi connectivity index (χ3v) is 3.97. The van der Waals surface area contributed by atoms with Gasteiger partial charge in [0, 0.05) is 12.7 Å². The SMILES string of the molecule is CCn1cc(NS(=O)(=O)c2ccc(OC(F)(F)F)cc2)cn1. The summed E-state index contributed by atoms with van der Waals surface area (Å²) >= 11 is 0. The highest BCUT2D eigenvalue weighted by Gasteiger charge is 2.31. The number of rotatable bonds is 5. The third-order valence-electron chi connectivity index (χ3n) is 2.58. The molecule has 0 aliphatic carbocycles. The number of nitrogens with one attached hydrogen (secondary N) is 1. The van der Waals surface area contributed by atoms with Gasteiger partial charge in [-0.3, -0.25) is 9.40 Å². The van der Waals surface area contributed by atoms with Crippen LogP contribution in [-0.2, 0) is 16.6 Å². The summed E-state index contributed by atoms with van der Waals surface area (Å²) < 4.78 is 67.8. The monoisotopic (exact) mass is 335 g/mol. The molecule has 22 heavy (non-hydrogen) atoms. The van der Waals surface area contributed by atoms with Gasteiger partial charge in [0.15, 0.2) is 0 Å². The maximum Gasteiger partial charge on any atom is 0.573 e. The van der Waals surface area contributed by atoms with Gasteiger partial charge in [-0.2, -0.15) is 5.10 Å². The summed E-state index contributed by atoms with van der Waals surface area (Å²) in [6, 6.07) is 3.90. The molecule has 0 unspecified atom stereocenters. The van der Waals surface area contributed by atoms with Crippen LogP contribution in [0.25, 0.3) is 0 Å². The molecule has 0 bridgehead atoms. The minimum atomic E-state index is -4.83. The molecule has 2 rings (SSSR count). The average Bonchev–Trinajstić information content (AvgIpc) is 2.84. The van der Waals surface area contributed by atoms with Crippen molar-refractivity contribution >= 4 is 15.7 Å². The highest BCUT2D eigenvalue weighted by Crippen LogP contribution is 2.24. The number of benzene rings is 1. The summed E-state index contributed by atoms with van der Waals surface area (Å²) in [4.78, 5) is -0.189. The first-order valence-corrected chi connectivity index (χ1v) is 7.59. The second-order valence-corrected chi connectivity index (χ2v) is 5.89. The molecule has 6 nitrogen and oxygen atoms in total. The van der Waals surface area contributed by atoms with Crippen LogP contribution in [-0.4, -0.2) is 24.6 Å². The Bertz CT molecular complexity index is 739. The first-order valence-electron chi connectivity index (χ1n) is 6.11. The first kappa shape index (κ1) is 16.1. The standard InChI is InChI=1S/C12H12F3N3O3S/c1-2-18-8-9(7-16-18)17-22(19,20)11-5-3-10(4-6-11)21-12(13,14)15/h3-8,17H,2H2,1H3. The molecule has 0 radical (unpaired) electrons. The number of aryl methyl sites for hydroxylation is 1. The van der Waals surface area contributed by atoms with Crippen LogP contribution in [0.1, 0.15) is 6.92 Å². The molecule has 0 fully saturated rings. The highest BCUT2D eigenvalue weighted by molar-refractivity contribution is 7.92. The van der Waals surface area contributed by atoms with Crippen molar-refractivity contribution in [2.45, 2.75) is 24.7 Å². The smallest absolute Gasteiger partial charge is 0.406 e. The Morgan fingerprint density at radius 1 is 1.27 bits per heavy atom. The van der Waals surface area contributed by atoms with Gasteiger partial charge < -0.3 is 4.74 Å². The number of sulfonamides is 1. The van der Waals surface area contributed by atoms with Crippen LogP contribution in [0.15, 0.2) is 41.6 Å². The fourth-order valence-electron chi connectivity index (χ4n) is 1.62. The summed E-state index contributed by atoms with van der Waals surface area (Å²) in [5.74, 6) is -0.495. The fraction of sp³-hybridized carbons (Fsp3) is 0.250. The van der Waals surface area contributed by atoms with E-state index in [2.05, 4.69) is 14.6 Å². The van der Waals surface area contributed by atoms with Crippen molar-refractivity contribution in [2.75, 3.05) is 4.72 Å². The van der Waals surface area contributed by atoms with Crippen LogP contribution in [0, 0.1) is 0 Å². The molecule has 0 saturated carbocycles. The Morgan fingerprint density at radius 3 is 2.41 bits per heavy atom. The molecule has 10 heteroatoms. The molecule has 1 N–H and O–H groups in total. The van der Waals surface area contributed by atoms with Crippen molar-refractivity contribution < 1.29 is 26.3 Å². The van der Waals surface area contributed by atoms with Crippen molar-refractivity contribution in [2.24, 2.45) is 0 Å². The van der Waals surface area contributed by atoms with Gasteiger partial charge in [-0.05, 0) is 31.2 Å². The Hall–Kier alpha value is -2.23. The number of alkyl halides is 3. The maximum atomic E-state index is 12.1. The lowest BCUT2D eigenvalue weighted by Crippen LogP contribution is -2.17. The molecule has 0 saturated heterocycles. The van der Waals surface area contributed by atoms with E-state index in [9.17, 15) is 21.6 Å². The number of halogens is 3. The number of hydrogen-bond donors (Lipinski definition) is 1. The van der Waals surface area contributed by atoms with Gasteiger partial charge in [0.1, 0.15) is 5.75 Å². The van der Waals surface area contributed by atoms with Crippen molar-refractivity contribution in [3.8, 4) is 5.75 Å². The Labute approximate surface area is 124 Å². The molecule has 0 amide bonds. The van der Waals surface area contributed by atoms with E-state index in [4.69, 9.17) is 0 Å². The van der Waals surface area contributed by atoms with Gasteiger partial charge in [-0.15, -0.1) is 13.2 Å². The predicted octanol–water partition coefficient (Wildman–Crippen LogP) is 2.60. The number of anilines is 1. The summed E-state index contributed by atoms with van der Waals surface area (Å²) in [7, 11) is -3.91. The molecule has 1 heterocycles. The largest absolute Gasteiger partial charge is 0.573 e. The normalized spacial score (nSPS) is 12.2. The zero-order chi connectivity index (χ0) is 16.4. The van der Waals surface area contributed by atoms with Gasteiger partial charge in [0.05, 0.1) is 16.8 Å². The number of hydrogen-bond acceptors (Lipinski definition) is 4. The van der Waals surface area contributed by atoms with E-state index in [-0.39, 0.29) is 10.6 Å². The topological polar surface area (TPSA) is 73.2 Å². The molecule has 0 atom stereocenters. The Kier molecular flexibility index (Phi) is 4.31. The van der Waals surface area contributed by atoms with Crippen molar-refractivity contribution in [1.82, 2.24) is 9.78 Å². The van der Waals surface area contributed by atoms with Crippen LogP contribution in [0.3, 0.4) is 0 Å². The third kappa shape index (κ3) is 4.13. The first-order chi connectivity index (χ1) is 10.2. The van der Waals surface area contributed by atoms with E-state index in [1.165, 1.54) is 17.1 Å². The average molecular weight is 335 g/mol. The van der Waals surface area contributed by atoms with Gasteiger partial charge in [0.25, 0.3) is 10.0 Å². The minimum absolute atomic E-state index is 0.189. The quantitative estimate of drug-likeness (QED) is 0.911. The zero-order valence-corrected chi connectivity index (χ0v) is 12.1. The Morgan fingerprint density at radius 2 is 1.91 bits per heavy atom. The summed E-state index contributed by atoms with van der Waals surface area (Å²) in [5.41, 5.74) is 0.262. The van der Waals surface area contributed by atoms with E-state index < -0.39 is 22.1 Å². The van der Waals surface area contributed by atoms with Crippen LogP contribution in [0.5, 0.6) is 5.75 Å². The zero-order valence-electron chi connectivity index (χ0n) is 11.3. The van der Waals surface area contributed by atoms with E-state index in [0.717, 1.165) is 24.3 Å². The number of aromatic nitrogens is 2. The van der Waals surface area contributed by atoms with Crippen LogP contribution < -0.4 is 9.46 Å².